The van der Waals surface area contributed by atoms with Crippen molar-refractivity contribution in [1.29, 1.82) is 0 Å². The summed E-state index contributed by atoms with van der Waals surface area (Å²) in [7, 11) is 1.66. The molecule has 1 saturated carbocycles. The number of nitrogens with one attached hydrogen (secondary N) is 2. The molecule has 32 heavy (non-hydrogen) atoms. The summed E-state index contributed by atoms with van der Waals surface area (Å²) in [6.45, 7) is 2.45. The van der Waals surface area contributed by atoms with Gasteiger partial charge in [0.2, 0.25) is 5.91 Å². The lowest BCUT2D eigenvalue weighted by molar-refractivity contribution is -0.122. The summed E-state index contributed by atoms with van der Waals surface area (Å²) in [6, 6.07) is 9.98. The molecule has 1 saturated heterocycles. The third-order valence-electron chi connectivity index (χ3n) is 7.16. The normalized spacial score (nSPS) is 21.9. The van der Waals surface area contributed by atoms with E-state index in [1.807, 2.05) is 24.3 Å². The maximum absolute atomic E-state index is 12.6. The number of nitrogens with zero attached hydrogens (tertiary/aromatic N) is 1. The van der Waals surface area contributed by atoms with Gasteiger partial charge in [-0.15, -0.1) is 0 Å². The van der Waals surface area contributed by atoms with Crippen LogP contribution in [0, 0.1) is 17.8 Å². The second-order valence-electron chi connectivity index (χ2n) is 9.54. The molecule has 1 aromatic carbocycles. The summed E-state index contributed by atoms with van der Waals surface area (Å²) in [5.74, 6) is 3.50. The largest absolute Gasteiger partial charge is 0.497 e. The van der Waals surface area contributed by atoms with Crippen LogP contribution in [0.25, 0.3) is 0 Å². The van der Waals surface area contributed by atoms with Gasteiger partial charge in [0.1, 0.15) is 11.5 Å². The molecule has 2 atom stereocenters. The van der Waals surface area contributed by atoms with E-state index in [0.29, 0.717) is 24.8 Å². The molecule has 0 unspecified atom stereocenters. The van der Waals surface area contributed by atoms with Crippen molar-refractivity contribution in [3.8, 4) is 5.75 Å². The summed E-state index contributed by atoms with van der Waals surface area (Å²) >= 11 is 0. The summed E-state index contributed by atoms with van der Waals surface area (Å²) in [5.41, 5.74) is 2.11. The van der Waals surface area contributed by atoms with Gasteiger partial charge in [-0.1, -0.05) is 49.4 Å². The first-order valence-electron chi connectivity index (χ1n) is 12.2. The number of piperidine rings is 1. The Balaban J connectivity index is 1.26. The monoisotopic (exact) mass is 439 g/mol. The van der Waals surface area contributed by atoms with Crippen molar-refractivity contribution < 1.29 is 14.1 Å². The molecule has 0 spiro atoms. The Labute approximate surface area is 191 Å². The molecule has 1 aliphatic heterocycles. The van der Waals surface area contributed by atoms with E-state index in [2.05, 4.69) is 21.9 Å². The molecule has 6 heteroatoms. The van der Waals surface area contributed by atoms with Crippen LogP contribution in [0.1, 0.15) is 62.0 Å². The fraction of sp³-hybridized carbons (Fsp3) is 0.615. The van der Waals surface area contributed by atoms with Crippen molar-refractivity contribution in [2.75, 3.05) is 20.2 Å². The van der Waals surface area contributed by atoms with Gasteiger partial charge in [0.15, 0.2) is 0 Å². The minimum Gasteiger partial charge on any atom is -0.497 e. The third-order valence-corrected chi connectivity index (χ3v) is 7.16. The molecule has 0 radical (unpaired) electrons. The van der Waals surface area contributed by atoms with Crippen LogP contribution in [0.15, 0.2) is 34.9 Å². The average molecular weight is 440 g/mol. The third kappa shape index (κ3) is 6.58. The Morgan fingerprint density at radius 3 is 2.72 bits per heavy atom. The Morgan fingerprint density at radius 2 is 1.94 bits per heavy atom. The number of rotatable bonds is 9. The molecule has 1 amide bonds. The number of amides is 1. The minimum absolute atomic E-state index is 0.121. The molecule has 2 N–H and O–H groups in total. The second-order valence-corrected chi connectivity index (χ2v) is 9.54. The highest BCUT2D eigenvalue weighted by atomic mass is 16.5. The van der Waals surface area contributed by atoms with E-state index in [0.717, 1.165) is 61.0 Å². The van der Waals surface area contributed by atoms with Crippen LogP contribution in [0.2, 0.25) is 0 Å². The van der Waals surface area contributed by atoms with Crippen molar-refractivity contribution in [2.24, 2.45) is 17.8 Å². The van der Waals surface area contributed by atoms with Gasteiger partial charge in [-0.3, -0.25) is 4.79 Å². The molecular weight excluding hydrogens is 402 g/mol. The van der Waals surface area contributed by atoms with E-state index < -0.39 is 0 Å². The molecule has 2 heterocycles. The minimum atomic E-state index is 0.121. The van der Waals surface area contributed by atoms with Gasteiger partial charge in [0, 0.05) is 25.5 Å². The summed E-state index contributed by atoms with van der Waals surface area (Å²) in [5, 5.41) is 10.9. The van der Waals surface area contributed by atoms with Gasteiger partial charge >= 0.3 is 0 Å². The smallest absolute Gasteiger partial charge is 0.220 e. The number of carbonyl (C=O) groups is 1. The van der Waals surface area contributed by atoms with Crippen LogP contribution in [0.3, 0.4) is 0 Å². The van der Waals surface area contributed by atoms with Crippen molar-refractivity contribution in [2.45, 2.75) is 64.3 Å². The SMILES string of the molecule is COc1ccc(CNC(=O)C[C@H]2CCNC[C@@H]2Cc2cc(CC3CCCCC3)on2)cc1. The number of carbonyl (C=O) groups excluding carboxylic acids is 1. The van der Waals surface area contributed by atoms with Gasteiger partial charge in [-0.2, -0.15) is 0 Å². The number of ether oxygens (including phenoxy) is 1. The Morgan fingerprint density at radius 1 is 1.12 bits per heavy atom. The summed E-state index contributed by atoms with van der Waals surface area (Å²) in [6.07, 6.45) is 10.2. The van der Waals surface area contributed by atoms with Crippen molar-refractivity contribution >= 4 is 5.91 Å². The van der Waals surface area contributed by atoms with Gasteiger partial charge in [-0.25, -0.2) is 0 Å². The van der Waals surface area contributed by atoms with E-state index >= 15 is 0 Å². The first-order valence-corrected chi connectivity index (χ1v) is 12.2. The topological polar surface area (TPSA) is 76.4 Å². The van der Waals surface area contributed by atoms with Crippen LogP contribution in [-0.2, 0) is 24.2 Å². The standard InChI is InChI=1S/C26H37N3O3/c1-31-24-9-7-20(8-10-24)17-28-26(30)15-21-11-12-27-18-22(21)14-23-16-25(32-29-23)13-19-5-3-2-4-6-19/h7-10,16,19,21-22,27H,2-6,11-15,17-18H2,1H3,(H,28,30)/t21-,22+/m1/s1. The Kier molecular flexibility index (Phi) is 8.21. The predicted octanol–water partition coefficient (Wildman–Crippen LogP) is 4.28. The highest BCUT2D eigenvalue weighted by Crippen LogP contribution is 2.29. The highest BCUT2D eigenvalue weighted by molar-refractivity contribution is 5.76. The molecule has 1 aliphatic carbocycles. The molecule has 4 rings (SSSR count). The second kappa shape index (κ2) is 11.5. The first-order chi connectivity index (χ1) is 15.7. The molecule has 2 aromatic rings. The highest BCUT2D eigenvalue weighted by Gasteiger charge is 2.28. The van der Waals surface area contributed by atoms with E-state index in [4.69, 9.17) is 9.26 Å². The van der Waals surface area contributed by atoms with Crippen LogP contribution in [0.4, 0.5) is 0 Å². The van der Waals surface area contributed by atoms with Crippen LogP contribution < -0.4 is 15.4 Å². The van der Waals surface area contributed by atoms with Crippen molar-refractivity contribution in [3.63, 3.8) is 0 Å². The Bertz CT molecular complexity index is 842. The molecule has 174 valence electrons. The zero-order valence-corrected chi connectivity index (χ0v) is 19.3. The number of hydrogen-bond acceptors (Lipinski definition) is 5. The molecule has 2 aliphatic rings. The summed E-state index contributed by atoms with van der Waals surface area (Å²) < 4.78 is 10.9. The molecular formula is C26H37N3O3. The van der Waals surface area contributed by atoms with Gasteiger partial charge in [0.25, 0.3) is 0 Å². The van der Waals surface area contributed by atoms with Crippen LogP contribution in [-0.4, -0.2) is 31.3 Å². The lowest BCUT2D eigenvalue weighted by Gasteiger charge is -2.31. The predicted molar refractivity (Wildman–Crippen MR) is 124 cm³/mol. The van der Waals surface area contributed by atoms with Crippen LogP contribution in [0.5, 0.6) is 5.75 Å². The lowest BCUT2D eigenvalue weighted by Crippen LogP contribution is -2.40. The fourth-order valence-corrected chi connectivity index (χ4v) is 5.23. The number of aromatic nitrogens is 1. The van der Waals surface area contributed by atoms with E-state index in [-0.39, 0.29) is 5.91 Å². The molecule has 0 bridgehead atoms. The van der Waals surface area contributed by atoms with Crippen LogP contribution >= 0.6 is 0 Å². The number of benzene rings is 1. The Hall–Kier alpha value is -2.34. The van der Waals surface area contributed by atoms with Gasteiger partial charge < -0.3 is 19.9 Å². The van der Waals surface area contributed by atoms with Gasteiger partial charge in [0.05, 0.1) is 12.8 Å². The van der Waals surface area contributed by atoms with Gasteiger partial charge in [-0.05, 0) is 61.4 Å². The average Bonchev–Trinajstić information content (AvgIpc) is 3.26. The zero-order chi connectivity index (χ0) is 22.2. The van der Waals surface area contributed by atoms with E-state index in [1.54, 1.807) is 7.11 Å². The van der Waals surface area contributed by atoms with Crippen molar-refractivity contribution in [1.82, 2.24) is 15.8 Å². The zero-order valence-electron chi connectivity index (χ0n) is 19.3. The maximum Gasteiger partial charge on any atom is 0.220 e. The fourth-order valence-electron chi connectivity index (χ4n) is 5.23. The summed E-state index contributed by atoms with van der Waals surface area (Å²) in [4.78, 5) is 12.6. The van der Waals surface area contributed by atoms with Crippen molar-refractivity contribution in [3.05, 3.63) is 47.3 Å². The molecule has 6 nitrogen and oxygen atoms in total. The number of methoxy groups -OCH3 is 1. The quantitative estimate of drug-likeness (QED) is 0.610. The molecule has 1 aromatic heterocycles. The molecule has 2 fully saturated rings. The van der Waals surface area contributed by atoms with E-state index in [1.165, 1.54) is 32.1 Å². The lowest BCUT2D eigenvalue weighted by atomic mass is 9.81. The van der Waals surface area contributed by atoms with E-state index in [9.17, 15) is 4.79 Å². The number of hydrogen-bond donors (Lipinski definition) is 2. The first kappa shape index (κ1) is 22.8. The maximum atomic E-state index is 12.6.